The molecule has 4 atom stereocenters. The van der Waals surface area contributed by atoms with Gasteiger partial charge < -0.3 is 9.84 Å². The molecule has 4 fully saturated rings. The van der Waals surface area contributed by atoms with Gasteiger partial charge in [0.15, 0.2) is 0 Å². The molecular weight excluding hydrogens is 248 g/mol. The zero-order valence-electron chi connectivity index (χ0n) is 13.8. The van der Waals surface area contributed by atoms with Crippen LogP contribution < -0.4 is 0 Å². The number of rotatable bonds is 0. The van der Waals surface area contributed by atoms with Crippen LogP contribution in [-0.2, 0) is 4.74 Å². The van der Waals surface area contributed by atoms with Gasteiger partial charge in [0.25, 0.3) is 0 Å². The van der Waals surface area contributed by atoms with Crippen LogP contribution in [0.4, 0.5) is 0 Å². The summed E-state index contributed by atoms with van der Waals surface area (Å²) in [5.41, 5.74) is 0.0668. The van der Waals surface area contributed by atoms with E-state index in [1.807, 2.05) is 0 Å². The van der Waals surface area contributed by atoms with Crippen molar-refractivity contribution in [1.82, 2.24) is 0 Å². The van der Waals surface area contributed by atoms with Crippen LogP contribution in [0.3, 0.4) is 0 Å². The maximum absolute atomic E-state index is 11.5. The first-order valence-corrected chi connectivity index (χ1v) is 8.37. The Bertz CT molecular complexity index is 478. The lowest BCUT2D eigenvalue weighted by Gasteiger charge is -2.59. The van der Waals surface area contributed by atoms with E-state index in [9.17, 15) is 5.11 Å². The molecule has 2 bridgehead atoms. The lowest BCUT2D eigenvalue weighted by atomic mass is 9.45. The molecule has 3 saturated carbocycles. The fourth-order valence-corrected chi connectivity index (χ4v) is 7.08. The van der Waals surface area contributed by atoms with Crippen molar-refractivity contribution in [1.29, 1.82) is 0 Å². The predicted octanol–water partition coefficient (Wildman–Crippen LogP) is 4.06. The average molecular weight is 278 g/mol. The van der Waals surface area contributed by atoms with Crippen LogP contribution in [-0.4, -0.2) is 21.9 Å². The molecule has 0 aromatic heterocycles. The van der Waals surface area contributed by atoms with Crippen LogP contribution in [0, 0.1) is 16.2 Å². The van der Waals surface area contributed by atoms with Gasteiger partial charge >= 0.3 is 0 Å². The fourth-order valence-electron chi connectivity index (χ4n) is 7.08. The number of hydrogen-bond acceptors (Lipinski definition) is 2. The average Bonchev–Trinajstić information content (AvgIpc) is 2.79. The Kier molecular flexibility index (Phi) is 2.14. The molecule has 0 spiro atoms. The molecule has 4 rings (SSSR count). The third-order valence-electron chi connectivity index (χ3n) is 6.84. The highest BCUT2D eigenvalue weighted by Crippen LogP contribution is 2.77. The molecule has 0 aromatic rings. The molecule has 4 unspecified atom stereocenters. The Balaban J connectivity index is 1.78. The quantitative estimate of drug-likeness (QED) is 0.678. The first kappa shape index (κ1) is 13.6. The van der Waals surface area contributed by atoms with E-state index in [0.29, 0.717) is 5.41 Å². The maximum Gasteiger partial charge on any atom is 0.127 e. The summed E-state index contributed by atoms with van der Waals surface area (Å²) in [7, 11) is 0. The first-order valence-electron chi connectivity index (χ1n) is 8.37. The molecular formula is C18H30O2. The summed E-state index contributed by atoms with van der Waals surface area (Å²) in [4.78, 5) is 0. The molecule has 2 nitrogen and oxygen atoms in total. The highest BCUT2D eigenvalue weighted by Gasteiger charge is 2.84. The molecule has 20 heavy (non-hydrogen) atoms. The first-order chi connectivity index (χ1) is 8.95. The monoisotopic (exact) mass is 278 g/mol. The summed E-state index contributed by atoms with van der Waals surface area (Å²) in [5.74, 6) is 0. The second-order valence-corrected chi connectivity index (χ2v) is 10.5. The molecule has 114 valence electrons. The Morgan fingerprint density at radius 1 is 0.750 bits per heavy atom. The van der Waals surface area contributed by atoms with Crippen molar-refractivity contribution < 1.29 is 9.84 Å². The van der Waals surface area contributed by atoms with Gasteiger partial charge in [0, 0.05) is 0 Å². The van der Waals surface area contributed by atoms with Crippen molar-refractivity contribution in [3.05, 3.63) is 0 Å². The minimum atomic E-state index is -0.585. The van der Waals surface area contributed by atoms with E-state index < -0.39 is 5.60 Å². The van der Waals surface area contributed by atoms with Crippen LogP contribution >= 0.6 is 0 Å². The zero-order chi connectivity index (χ0) is 14.7. The predicted molar refractivity (Wildman–Crippen MR) is 79.5 cm³/mol. The van der Waals surface area contributed by atoms with Crippen LogP contribution in [0.1, 0.15) is 79.6 Å². The fraction of sp³-hybridized carbons (Fsp3) is 1.00. The summed E-state index contributed by atoms with van der Waals surface area (Å²) in [6.45, 7) is 11.8. The van der Waals surface area contributed by atoms with Crippen molar-refractivity contribution >= 4 is 0 Å². The smallest absolute Gasteiger partial charge is 0.127 e. The van der Waals surface area contributed by atoms with Crippen LogP contribution in [0.15, 0.2) is 0 Å². The minimum absolute atomic E-state index is 0.00694. The zero-order valence-corrected chi connectivity index (χ0v) is 13.8. The summed E-state index contributed by atoms with van der Waals surface area (Å²) in [6, 6.07) is 0. The van der Waals surface area contributed by atoms with Crippen molar-refractivity contribution in [3.8, 4) is 0 Å². The Morgan fingerprint density at radius 3 is 2.15 bits per heavy atom. The molecule has 1 N–H and O–H groups in total. The van der Waals surface area contributed by atoms with Crippen molar-refractivity contribution in [3.63, 3.8) is 0 Å². The van der Waals surface area contributed by atoms with Gasteiger partial charge in [0.2, 0.25) is 0 Å². The van der Waals surface area contributed by atoms with Crippen LogP contribution in [0.2, 0.25) is 0 Å². The summed E-state index contributed by atoms with van der Waals surface area (Å²) < 4.78 is 6.48. The standard InChI is InChI=1S/C18H30O2/c1-13(2)6-7-18-16(19)9-14(3,4)8-15(5,11-16)12-17(18,10-13)20-18/h19H,6-12H2,1-5H3. The maximum atomic E-state index is 11.5. The normalized spacial score (nSPS) is 58.5. The number of fused-ring (bicyclic) bond motifs is 2. The van der Waals surface area contributed by atoms with Gasteiger partial charge in [-0.3, -0.25) is 0 Å². The van der Waals surface area contributed by atoms with Crippen LogP contribution in [0.25, 0.3) is 0 Å². The number of aliphatic hydroxyl groups is 1. The number of epoxide rings is 1. The van der Waals surface area contributed by atoms with Gasteiger partial charge in [0.05, 0.1) is 5.60 Å². The van der Waals surface area contributed by atoms with Gasteiger partial charge in [0.1, 0.15) is 11.2 Å². The molecule has 0 amide bonds. The highest BCUT2D eigenvalue weighted by molar-refractivity contribution is 5.34. The van der Waals surface area contributed by atoms with E-state index in [4.69, 9.17) is 4.74 Å². The van der Waals surface area contributed by atoms with Crippen molar-refractivity contribution in [2.24, 2.45) is 16.2 Å². The third-order valence-corrected chi connectivity index (χ3v) is 6.84. The summed E-state index contributed by atoms with van der Waals surface area (Å²) in [6.07, 6.45) is 7.64. The summed E-state index contributed by atoms with van der Waals surface area (Å²) in [5, 5.41) is 11.5. The summed E-state index contributed by atoms with van der Waals surface area (Å²) >= 11 is 0. The lowest BCUT2D eigenvalue weighted by molar-refractivity contribution is -0.160. The molecule has 1 aliphatic heterocycles. The van der Waals surface area contributed by atoms with Gasteiger partial charge in [-0.1, -0.05) is 34.6 Å². The Labute approximate surface area is 123 Å². The molecule has 4 aliphatic rings. The minimum Gasteiger partial charge on any atom is -0.387 e. The molecule has 1 saturated heterocycles. The van der Waals surface area contributed by atoms with E-state index in [1.54, 1.807) is 0 Å². The topological polar surface area (TPSA) is 32.8 Å². The molecule has 0 aromatic carbocycles. The Hall–Kier alpha value is -0.0800. The Morgan fingerprint density at radius 2 is 1.45 bits per heavy atom. The largest absolute Gasteiger partial charge is 0.387 e. The van der Waals surface area contributed by atoms with Crippen molar-refractivity contribution in [2.75, 3.05) is 0 Å². The second kappa shape index (κ2) is 3.15. The third kappa shape index (κ3) is 1.48. The molecule has 1 heterocycles. The molecule has 0 radical (unpaired) electrons. The van der Waals surface area contributed by atoms with E-state index >= 15 is 0 Å². The van der Waals surface area contributed by atoms with E-state index in [-0.39, 0.29) is 22.0 Å². The van der Waals surface area contributed by atoms with Gasteiger partial charge in [-0.15, -0.1) is 0 Å². The lowest BCUT2D eigenvalue weighted by Crippen LogP contribution is -2.64. The number of ether oxygens (including phenoxy) is 1. The van der Waals surface area contributed by atoms with Gasteiger partial charge in [-0.2, -0.15) is 0 Å². The second-order valence-electron chi connectivity index (χ2n) is 10.5. The van der Waals surface area contributed by atoms with Gasteiger partial charge in [-0.05, 0) is 61.2 Å². The van der Waals surface area contributed by atoms with E-state index in [2.05, 4.69) is 34.6 Å². The highest BCUT2D eigenvalue weighted by atomic mass is 16.6. The number of hydrogen-bond donors (Lipinski definition) is 1. The van der Waals surface area contributed by atoms with Crippen molar-refractivity contribution in [2.45, 2.75) is 96.4 Å². The van der Waals surface area contributed by atoms with E-state index in [1.165, 1.54) is 12.8 Å². The molecule has 3 aliphatic carbocycles. The molecule has 2 heteroatoms. The SMILES string of the molecule is CC1(C)CC2(C)CC(O)(C1)C13CCC(C)(C)CC1(C2)O3. The van der Waals surface area contributed by atoms with Gasteiger partial charge in [-0.25, -0.2) is 0 Å². The van der Waals surface area contributed by atoms with Crippen LogP contribution in [0.5, 0.6) is 0 Å². The van der Waals surface area contributed by atoms with E-state index in [0.717, 1.165) is 32.1 Å².